The molecule has 1 aromatic heterocycles. The van der Waals surface area contributed by atoms with E-state index in [-0.39, 0.29) is 0 Å². The van der Waals surface area contributed by atoms with E-state index in [1.165, 1.54) is 5.56 Å². The highest BCUT2D eigenvalue weighted by molar-refractivity contribution is 9.10. The Morgan fingerprint density at radius 2 is 2.16 bits per heavy atom. The molecule has 0 atom stereocenters. The molecule has 102 valence electrons. The van der Waals surface area contributed by atoms with E-state index in [1.807, 2.05) is 23.6 Å². The van der Waals surface area contributed by atoms with E-state index < -0.39 is 0 Å². The lowest BCUT2D eigenvalue weighted by Crippen LogP contribution is -2.09. The third-order valence-corrected chi connectivity index (χ3v) is 3.76. The fraction of sp³-hybridized carbons (Fsp3) is 0.385. The molecule has 0 aliphatic heterocycles. The maximum Gasteiger partial charge on any atom is 0.165 e. The number of ether oxygens (including phenoxy) is 1. The average molecular weight is 345 g/mol. The third-order valence-electron chi connectivity index (χ3n) is 2.83. The maximum atomic E-state index is 5.91. The van der Waals surface area contributed by atoms with Crippen molar-refractivity contribution in [3.63, 3.8) is 0 Å². The minimum absolute atomic E-state index is 0.333. The van der Waals surface area contributed by atoms with E-state index in [0.29, 0.717) is 19.0 Å². The largest absolute Gasteiger partial charge is 0.383 e. The van der Waals surface area contributed by atoms with Gasteiger partial charge in [-0.2, -0.15) is 0 Å². The van der Waals surface area contributed by atoms with Crippen molar-refractivity contribution in [1.29, 1.82) is 0 Å². The van der Waals surface area contributed by atoms with Crippen LogP contribution in [0.5, 0.6) is 0 Å². The monoisotopic (exact) mass is 343 g/mol. The molecule has 0 saturated heterocycles. The van der Waals surface area contributed by atoms with Gasteiger partial charge in [-0.05, 0) is 19.1 Å². The normalized spacial score (nSPS) is 10.9. The summed E-state index contributed by atoms with van der Waals surface area (Å²) in [6, 6.07) is 6.14. The molecule has 0 amide bonds. The minimum atomic E-state index is 0.333. The molecule has 4 nitrogen and oxygen atoms in total. The molecule has 0 N–H and O–H groups in total. The van der Waals surface area contributed by atoms with Gasteiger partial charge < -0.3 is 9.30 Å². The van der Waals surface area contributed by atoms with Crippen LogP contribution in [0.2, 0.25) is 0 Å². The summed E-state index contributed by atoms with van der Waals surface area (Å²) >= 11 is 9.46. The van der Waals surface area contributed by atoms with Gasteiger partial charge in [0.2, 0.25) is 0 Å². The second kappa shape index (κ2) is 6.50. The molecular weight excluding hydrogens is 330 g/mol. The fourth-order valence-corrected chi connectivity index (χ4v) is 2.48. The highest BCUT2D eigenvalue weighted by atomic mass is 79.9. The molecule has 0 aliphatic carbocycles. The zero-order valence-electron chi connectivity index (χ0n) is 10.9. The summed E-state index contributed by atoms with van der Waals surface area (Å²) < 4.78 is 8.12. The first-order chi connectivity index (χ1) is 9.17. The van der Waals surface area contributed by atoms with Gasteiger partial charge in [-0.25, -0.2) is 0 Å². The highest BCUT2D eigenvalue weighted by Gasteiger charge is 2.15. The minimum Gasteiger partial charge on any atom is -0.383 e. The summed E-state index contributed by atoms with van der Waals surface area (Å²) in [7, 11) is 1.67. The molecule has 0 radical (unpaired) electrons. The van der Waals surface area contributed by atoms with Crippen molar-refractivity contribution < 1.29 is 4.74 Å². The Morgan fingerprint density at radius 3 is 2.84 bits per heavy atom. The molecule has 0 aliphatic rings. The predicted octanol–water partition coefficient (Wildman–Crippen LogP) is 3.40. The van der Waals surface area contributed by atoms with Gasteiger partial charge in [0, 0.05) is 23.7 Å². The van der Waals surface area contributed by atoms with Crippen molar-refractivity contribution in [1.82, 2.24) is 14.8 Å². The van der Waals surface area contributed by atoms with Gasteiger partial charge in [0.25, 0.3) is 0 Å². The topological polar surface area (TPSA) is 39.9 Å². The summed E-state index contributed by atoms with van der Waals surface area (Å²) in [5.74, 6) is 1.89. The Bertz CT molecular complexity index is 571. The number of aromatic nitrogens is 3. The molecule has 0 spiro atoms. The number of aryl methyl sites for hydroxylation is 1. The van der Waals surface area contributed by atoms with Gasteiger partial charge in [0.1, 0.15) is 5.82 Å². The number of hydrogen-bond donors (Lipinski definition) is 0. The molecule has 2 rings (SSSR count). The van der Waals surface area contributed by atoms with E-state index in [4.69, 9.17) is 16.3 Å². The van der Waals surface area contributed by atoms with Crippen LogP contribution in [0, 0.1) is 6.92 Å². The second-order valence-electron chi connectivity index (χ2n) is 4.20. The van der Waals surface area contributed by atoms with Crippen LogP contribution < -0.4 is 0 Å². The van der Waals surface area contributed by atoms with Crippen molar-refractivity contribution >= 4 is 27.5 Å². The molecule has 2 aromatic rings. The smallest absolute Gasteiger partial charge is 0.165 e. The number of hydrogen-bond acceptors (Lipinski definition) is 3. The molecule has 1 heterocycles. The van der Waals surface area contributed by atoms with E-state index >= 15 is 0 Å². The van der Waals surface area contributed by atoms with Crippen molar-refractivity contribution in [2.45, 2.75) is 19.3 Å². The van der Waals surface area contributed by atoms with Gasteiger partial charge in [0.15, 0.2) is 5.82 Å². The van der Waals surface area contributed by atoms with Gasteiger partial charge >= 0.3 is 0 Å². The molecule has 0 unspecified atom stereocenters. The standard InChI is InChI=1S/C13H15BrClN3O/c1-9-3-4-11(14)10(7-9)13-17-16-12(8-15)18(13)5-6-19-2/h3-4,7H,5-6,8H2,1-2H3. The molecule has 0 fully saturated rings. The second-order valence-corrected chi connectivity index (χ2v) is 5.32. The lowest BCUT2D eigenvalue weighted by Gasteiger charge is -2.10. The zero-order valence-corrected chi connectivity index (χ0v) is 13.2. The van der Waals surface area contributed by atoms with Crippen LogP contribution in [0.1, 0.15) is 11.4 Å². The predicted molar refractivity (Wildman–Crippen MR) is 79.3 cm³/mol. The first kappa shape index (κ1) is 14.5. The zero-order chi connectivity index (χ0) is 13.8. The van der Waals surface area contributed by atoms with Crippen LogP contribution in [-0.2, 0) is 17.2 Å². The number of alkyl halides is 1. The van der Waals surface area contributed by atoms with E-state index in [2.05, 4.69) is 32.2 Å². The molecular formula is C13H15BrClN3O. The molecule has 0 bridgehead atoms. The van der Waals surface area contributed by atoms with Gasteiger partial charge in [-0.15, -0.1) is 21.8 Å². The lowest BCUT2D eigenvalue weighted by molar-refractivity contribution is 0.187. The Morgan fingerprint density at radius 1 is 1.37 bits per heavy atom. The Hall–Kier alpha value is -0.910. The van der Waals surface area contributed by atoms with Crippen LogP contribution >= 0.6 is 27.5 Å². The summed E-state index contributed by atoms with van der Waals surface area (Å²) in [6.45, 7) is 3.33. The molecule has 0 saturated carbocycles. The average Bonchev–Trinajstić information content (AvgIpc) is 2.81. The van der Waals surface area contributed by atoms with Crippen molar-refractivity contribution in [3.05, 3.63) is 34.1 Å². The van der Waals surface area contributed by atoms with Crippen LogP contribution in [0.3, 0.4) is 0 Å². The van der Waals surface area contributed by atoms with E-state index in [1.54, 1.807) is 7.11 Å². The highest BCUT2D eigenvalue weighted by Crippen LogP contribution is 2.28. The number of nitrogens with zero attached hydrogens (tertiary/aromatic N) is 3. The quantitative estimate of drug-likeness (QED) is 0.781. The SMILES string of the molecule is COCCn1c(CCl)nnc1-c1cc(C)ccc1Br. The van der Waals surface area contributed by atoms with Gasteiger partial charge in [-0.1, -0.05) is 27.6 Å². The Kier molecular flexibility index (Phi) is 4.96. The van der Waals surface area contributed by atoms with Crippen LogP contribution in [0.4, 0.5) is 0 Å². The summed E-state index contributed by atoms with van der Waals surface area (Å²) in [5.41, 5.74) is 2.19. The number of benzene rings is 1. The number of methoxy groups -OCH3 is 1. The lowest BCUT2D eigenvalue weighted by atomic mass is 10.1. The molecule has 1 aromatic carbocycles. The van der Waals surface area contributed by atoms with Gasteiger partial charge in [-0.3, -0.25) is 0 Å². The third kappa shape index (κ3) is 3.16. The van der Waals surface area contributed by atoms with Crippen LogP contribution in [0.25, 0.3) is 11.4 Å². The van der Waals surface area contributed by atoms with E-state index in [9.17, 15) is 0 Å². The van der Waals surface area contributed by atoms with Crippen LogP contribution in [-0.4, -0.2) is 28.5 Å². The Labute approximate surface area is 125 Å². The van der Waals surface area contributed by atoms with Crippen molar-refractivity contribution in [2.75, 3.05) is 13.7 Å². The number of rotatable bonds is 5. The maximum absolute atomic E-state index is 5.91. The number of halogens is 2. The molecule has 6 heteroatoms. The fourth-order valence-electron chi connectivity index (χ4n) is 1.86. The van der Waals surface area contributed by atoms with Gasteiger partial charge in [0.05, 0.1) is 12.5 Å². The van der Waals surface area contributed by atoms with Crippen molar-refractivity contribution in [2.24, 2.45) is 0 Å². The van der Waals surface area contributed by atoms with E-state index in [0.717, 1.165) is 21.7 Å². The van der Waals surface area contributed by atoms with Crippen LogP contribution in [0.15, 0.2) is 22.7 Å². The summed E-state index contributed by atoms with van der Waals surface area (Å²) in [6.07, 6.45) is 0. The first-order valence-electron chi connectivity index (χ1n) is 5.91. The summed E-state index contributed by atoms with van der Waals surface area (Å²) in [4.78, 5) is 0. The van der Waals surface area contributed by atoms with Crippen molar-refractivity contribution in [3.8, 4) is 11.4 Å². The first-order valence-corrected chi connectivity index (χ1v) is 7.23. The Balaban J connectivity index is 2.49. The molecule has 19 heavy (non-hydrogen) atoms. The summed E-state index contributed by atoms with van der Waals surface area (Å²) in [5, 5.41) is 8.39.